The zero-order chi connectivity index (χ0) is 24.5. The van der Waals surface area contributed by atoms with Gasteiger partial charge in [-0.25, -0.2) is 9.59 Å². The molecule has 8 nitrogen and oxygen atoms in total. The summed E-state index contributed by atoms with van der Waals surface area (Å²) in [5.41, 5.74) is 11.0. The summed E-state index contributed by atoms with van der Waals surface area (Å²) in [6.45, 7) is 4.48. The number of carbonyl (C=O) groups excluding carboxylic acids is 1. The topological polar surface area (TPSA) is 122 Å². The zero-order valence-electron chi connectivity index (χ0n) is 19.9. The Morgan fingerprint density at radius 3 is 2.37 bits per heavy atom. The van der Waals surface area contributed by atoms with E-state index in [1.807, 2.05) is 55.5 Å². The number of H-pyrrole nitrogens is 3. The van der Waals surface area contributed by atoms with Gasteiger partial charge in [0.15, 0.2) is 5.69 Å². The third-order valence-electron chi connectivity index (χ3n) is 6.37. The van der Waals surface area contributed by atoms with Gasteiger partial charge in [0.2, 0.25) is 0 Å². The van der Waals surface area contributed by atoms with Crippen molar-refractivity contribution in [1.82, 2.24) is 19.5 Å². The van der Waals surface area contributed by atoms with Crippen molar-refractivity contribution >= 4 is 27.8 Å². The van der Waals surface area contributed by atoms with Crippen molar-refractivity contribution in [2.75, 3.05) is 13.2 Å². The molecule has 0 unspecified atom stereocenters. The average Bonchev–Trinajstić information content (AvgIpc) is 3.48. The second kappa shape index (κ2) is 9.31. The molecule has 0 saturated heterocycles. The Morgan fingerprint density at radius 2 is 1.66 bits per heavy atom. The zero-order valence-corrected chi connectivity index (χ0v) is 19.9. The van der Waals surface area contributed by atoms with Crippen LogP contribution in [-0.2, 0) is 11.2 Å². The first-order valence-corrected chi connectivity index (χ1v) is 11.9. The lowest BCUT2D eigenvalue weighted by molar-refractivity contribution is 0.0517. The maximum atomic E-state index is 13.6. The number of imidazole rings is 1. The quantitative estimate of drug-likeness (QED) is 0.196. The lowest BCUT2D eigenvalue weighted by Gasteiger charge is -2.11. The molecule has 5 rings (SSSR count). The summed E-state index contributed by atoms with van der Waals surface area (Å²) in [6, 6.07) is 15.6. The van der Waals surface area contributed by atoms with Crippen molar-refractivity contribution in [1.29, 1.82) is 0 Å². The van der Waals surface area contributed by atoms with E-state index in [0.717, 1.165) is 51.6 Å². The summed E-state index contributed by atoms with van der Waals surface area (Å²) in [5, 5.41) is 1.79. The highest BCUT2D eigenvalue weighted by Gasteiger charge is 2.29. The second-order valence-electron chi connectivity index (χ2n) is 8.62. The minimum Gasteiger partial charge on any atom is -0.461 e. The normalized spacial score (nSPS) is 11.5. The van der Waals surface area contributed by atoms with E-state index >= 15 is 0 Å². The van der Waals surface area contributed by atoms with Crippen LogP contribution in [0.5, 0.6) is 0 Å². The van der Waals surface area contributed by atoms with Gasteiger partial charge in [0.1, 0.15) is 0 Å². The summed E-state index contributed by atoms with van der Waals surface area (Å²) in [6.07, 6.45) is 2.42. The number of carbonyl (C=O) groups is 1. The first-order valence-electron chi connectivity index (χ1n) is 11.9. The molecular formula is C27H29N5O3. The fourth-order valence-corrected chi connectivity index (χ4v) is 4.89. The number of aromatic nitrogens is 4. The molecular weight excluding hydrogens is 442 g/mol. The number of aromatic amines is 3. The maximum absolute atomic E-state index is 13.6. The van der Waals surface area contributed by atoms with Crippen molar-refractivity contribution < 1.29 is 9.53 Å². The number of esters is 1. The highest BCUT2D eigenvalue weighted by Crippen LogP contribution is 2.35. The van der Waals surface area contributed by atoms with Crippen molar-refractivity contribution in [3.63, 3.8) is 0 Å². The molecule has 0 amide bonds. The van der Waals surface area contributed by atoms with Gasteiger partial charge >= 0.3 is 11.7 Å². The van der Waals surface area contributed by atoms with Crippen molar-refractivity contribution in [2.24, 2.45) is 5.73 Å². The van der Waals surface area contributed by atoms with Gasteiger partial charge in [-0.05, 0) is 51.8 Å². The third-order valence-corrected chi connectivity index (χ3v) is 6.37. The Labute approximate surface area is 202 Å². The van der Waals surface area contributed by atoms with E-state index in [4.69, 9.17) is 10.5 Å². The van der Waals surface area contributed by atoms with Crippen LogP contribution >= 0.6 is 0 Å². The highest BCUT2D eigenvalue weighted by molar-refractivity contribution is 6.04. The van der Waals surface area contributed by atoms with Gasteiger partial charge in [-0.1, -0.05) is 36.4 Å². The summed E-state index contributed by atoms with van der Waals surface area (Å²) in [7, 11) is 0. The Kier molecular flexibility index (Phi) is 6.05. The van der Waals surface area contributed by atoms with Gasteiger partial charge in [-0.3, -0.25) is 4.57 Å². The molecule has 0 bridgehead atoms. The van der Waals surface area contributed by atoms with Crippen LogP contribution in [-0.4, -0.2) is 38.6 Å². The predicted octanol–water partition coefficient (Wildman–Crippen LogP) is 4.56. The number of para-hydroxylation sites is 2. The van der Waals surface area contributed by atoms with Crippen LogP contribution in [0.3, 0.4) is 0 Å². The smallest absolute Gasteiger partial charge is 0.357 e. The molecule has 0 radical (unpaired) electrons. The van der Waals surface area contributed by atoms with Gasteiger partial charge in [-0.15, -0.1) is 0 Å². The average molecular weight is 472 g/mol. The standard InChI is InChI=1S/C27H29N5O3/c1-3-35-26(33)25-23(22-16(2)29-19-12-6-4-10-17(19)22)31-27(34)32(25)24-18-11-5-7-13-20(18)30-21(24)14-8-9-15-28/h4-7,10-13,29-30H,3,8-9,14-15,28H2,1-2H3,(H,31,34). The Balaban J connectivity index is 1.82. The van der Waals surface area contributed by atoms with E-state index in [-0.39, 0.29) is 12.3 Å². The van der Waals surface area contributed by atoms with Gasteiger partial charge in [0.05, 0.1) is 18.0 Å². The predicted molar refractivity (Wildman–Crippen MR) is 138 cm³/mol. The maximum Gasteiger partial charge on any atom is 0.357 e. The number of hydrogen-bond donors (Lipinski definition) is 4. The molecule has 0 atom stereocenters. The van der Waals surface area contributed by atoms with Gasteiger partial charge in [-0.2, -0.15) is 0 Å². The van der Waals surface area contributed by atoms with Crippen molar-refractivity contribution in [3.8, 4) is 16.9 Å². The van der Waals surface area contributed by atoms with Crippen LogP contribution in [0.4, 0.5) is 0 Å². The molecule has 0 aliphatic heterocycles. The number of nitrogens with one attached hydrogen (secondary N) is 3. The molecule has 0 spiro atoms. The van der Waals surface area contributed by atoms with E-state index in [1.165, 1.54) is 4.57 Å². The van der Waals surface area contributed by atoms with Crippen molar-refractivity contribution in [2.45, 2.75) is 33.1 Å². The number of benzene rings is 2. The Bertz CT molecular complexity index is 1580. The summed E-state index contributed by atoms with van der Waals surface area (Å²) in [4.78, 5) is 36.8. The van der Waals surface area contributed by atoms with E-state index in [2.05, 4.69) is 15.0 Å². The molecule has 2 aromatic carbocycles. The Hall–Kier alpha value is -4.04. The number of fused-ring (bicyclic) bond motifs is 2. The first kappa shape index (κ1) is 22.7. The molecule has 3 aromatic heterocycles. The number of hydrogen-bond acceptors (Lipinski definition) is 4. The number of unbranched alkanes of at least 4 members (excludes halogenated alkanes) is 1. The second-order valence-corrected chi connectivity index (χ2v) is 8.62. The van der Waals surface area contributed by atoms with Crippen LogP contribution in [0.1, 0.15) is 41.6 Å². The molecule has 35 heavy (non-hydrogen) atoms. The largest absolute Gasteiger partial charge is 0.461 e. The van der Waals surface area contributed by atoms with Crippen LogP contribution in [0, 0.1) is 6.92 Å². The van der Waals surface area contributed by atoms with Gasteiger partial charge in [0.25, 0.3) is 0 Å². The van der Waals surface area contributed by atoms with E-state index < -0.39 is 11.7 Å². The lowest BCUT2D eigenvalue weighted by atomic mass is 10.1. The fraction of sp³-hybridized carbons (Fsp3) is 0.259. The van der Waals surface area contributed by atoms with Crippen LogP contribution < -0.4 is 11.4 Å². The summed E-state index contributed by atoms with van der Waals surface area (Å²) in [5.74, 6) is -0.552. The van der Waals surface area contributed by atoms with Crippen LogP contribution in [0.15, 0.2) is 53.3 Å². The molecule has 5 N–H and O–H groups in total. The lowest BCUT2D eigenvalue weighted by Crippen LogP contribution is -2.21. The van der Waals surface area contributed by atoms with Crippen molar-refractivity contribution in [3.05, 3.63) is 76.1 Å². The SMILES string of the molecule is CCOC(=O)c1c(-c2c(C)[nH]c3ccccc23)[nH]c(=O)n1-c1c(CCCCN)[nH]c2ccccc12. The molecule has 0 fully saturated rings. The molecule has 0 saturated carbocycles. The van der Waals surface area contributed by atoms with Crippen LogP contribution in [0.2, 0.25) is 0 Å². The number of nitrogens with zero attached hydrogens (tertiary/aromatic N) is 1. The number of rotatable bonds is 8. The molecule has 180 valence electrons. The Morgan fingerprint density at radius 1 is 0.971 bits per heavy atom. The summed E-state index contributed by atoms with van der Waals surface area (Å²) < 4.78 is 6.94. The molecule has 0 aliphatic carbocycles. The van der Waals surface area contributed by atoms with E-state index in [0.29, 0.717) is 24.3 Å². The highest BCUT2D eigenvalue weighted by atomic mass is 16.5. The monoisotopic (exact) mass is 471 g/mol. The molecule has 3 heterocycles. The molecule has 5 aromatic rings. The fourth-order valence-electron chi connectivity index (χ4n) is 4.89. The minimum atomic E-state index is -0.552. The summed E-state index contributed by atoms with van der Waals surface area (Å²) >= 11 is 0. The number of ether oxygens (including phenoxy) is 1. The minimum absolute atomic E-state index is 0.189. The number of aryl methyl sites for hydroxylation is 2. The van der Waals surface area contributed by atoms with Crippen LogP contribution in [0.25, 0.3) is 38.8 Å². The van der Waals surface area contributed by atoms with Gasteiger partial charge in [0, 0.05) is 38.8 Å². The molecule has 8 heteroatoms. The van der Waals surface area contributed by atoms with E-state index in [9.17, 15) is 9.59 Å². The molecule has 0 aliphatic rings. The van der Waals surface area contributed by atoms with E-state index in [1.54, 1.807) is 6.92 Å². The number of nitrogens with two attached hydrogens (primary N) is 1. The van der Waals surface area contributed by atoms with Gasteiger partial charge < -0.3 is 25.4 Å². The third kappa shape index (κ3) is 3.85. The first-order chi connectivity index (χ1) is 17.0.